The summed E-state index contributed by atoms with van der Waals surface area (Å²) in [4.78, 5) is 31.4. The SMILES string of the molecule is COc1ccc(CSc2nc3ccc(N4C(=O)c5ccccc5C4=O)cc3s2)cc1. The standard InChI is InChI=1S/C23H16N2O3S2/c1-28-16-9-6-14(7-10-16)13-29-23-24-19-11-8-15(12-20(19)30-23)25-21(26)17-4-2-3-5-18(17)22(25)27/h2-12H,13H2,1H3. The zero-order chi connectivity index (χ0) is 20.7. The molecule has 0 spiro atoms. The van der Waals surface area contributed by atoms with Crippen LogP contribution >= 0.6 is 23.1 Å². The van der Waals surface area contributed by atoms with E-state index in [1.165, 1.54) is 10.5 Å². The molecule has 1 aliphatic heterocycles. The molecule has 0 bridgehead atoms. The molecule has 3 aromatic carbocycles. The number of hydrogen-bond donors (Lipinski definition) is 0. The third-order valence-electron chi connectivity index (χ3n) is 4.93. The van der Waals surface area contributed by atoms with Crippen LogP contribution < -0.4 is 9.64 Å². The Hall–Kier alpha value is -3.16. The van der Waals surface area contributed by atoms with Crippen LogP contribution in [0.1, 0.15) is 26.3 Å². The highest BCUT2D eigenvalue weighted by atomic mass is 32.2. The molecule has 2 amide bonds. The third-order valence-corrected chi connectivity index (χ3v) is 7.16. The molecule has 0 aliphatic carbocycles. The lowest BCUT2D eigenvalue weighted by Crippen LogP contribution is -2.29. The van der Waals surface area contributed by atoms with Gasteiger partial charge in [0.1, 0.15) is 5.75 Å². The Bertz CT molecular complexity index is 1250. The van der Waals surface area contributed by atoms with Gasteiger partial charge in [-0.25, -0.2) is 9.88 Å². The number of amides is 2. The molecule has 0 atom stereocenters. The van der Waals surface area contributed by atoms with Gasteiger partial charge in [0.2, 0.25) is 0 Å². The molecule has 0 saturated carbocycles. The predicted octanol–water partition coefficient (Wildman–Crippen LogP) is 5.40. The summed E-state index contributed by atoms with van der Waals surface area (Å²) >= 11 is 3.22. The van der Waals surface area contributed by atoms with Crippen LogP contribution in [0.3, 0.4) is 0 Å². The minimum Gasteiger partial charge on any atom is -0.497 e. The van der Waals surface area contributed by atoms with Crippen molar-refractivity contribution in [3.8, 4) is 5.75 Å². The molecule has 0 fully saturated rings. The van der Waals surface area contributed by atoms with Crippen LogP contribution in [0.25, 0.3) is 10.2 Å². The summed E-state index contributed by atoms with van der Waals surface area (Å²) in [6, 6.07) is 20.4. The van der Waals surface area contributed by atoms with E-state index in [0.29, 0.717) is 16.8 Å². The maximum absolute atomic E-state index is 12.7. The number of fused-ring (bicyclic) bond motifs is 2. The average molecular weight is 433 g/mol. The highest BCUT2D eigenvalue weighted by Crippen LogP contribution is 2.35. The van der Waals surface area contributed by atoms with E-state index in [0.717, 1.165) is 26.1 Å². The zero-order valence-electron chi connectivity index (χ0n) is 16.0. The number of hydrogen-bond acceptors (Lipinski definition) is 6. The first-order valence-electron chi connectivity index (χ1n) is 9.28. The van der Waals surface area contributed by atoms with Crippen LogP contribution in [-0.4, -0.2) is 23.9 Å². The van der Waals surface area contributed by atoms with E-state index in [-0.39, 0.29) is 11.8 Å². The molecule has 7 heteroatoms. The smallest absolute Gasteiger partial charge is 0.266 e. The van der Waals surface area contributed by atoms with Crippen molar-refractivity contribution >= 4 is 50.8 Å². The first-order valence-corrected chi connectivity index (χ1v) is 11.1. The lowest BCUT2D eigenvalue weighted by molar-refractivity contribution is 0.0926. The van der Waals surface area contributed by atoms with Crippen LogP contribution in [-0.2, 0) is 5.75 Å². The average Bonchev–Trinajstić information content (AvgIpc) is 3.30. The summed E-state index contributed by atoms with van der Waals surface area (Å²) < 4.78 is 7.08. The molecule has 5 nitrogen and oxygen atoms in total. The van der Waals surface area contributed by atoms with Crippen LogP contribution in [0.15, 0.2) is 71.1 Å². The van der Waals surface area contributed by atoms with Crippen molar-refractivity contribution in [1.29, 1.82) is 0 Å². The van der Waals surface area contributed by atoms with Gasteiger partial charge in [-0.2, -0.15) is 0 Å². The highest BCUT2D eigenvalue weighted by molar-refractivity contribution is 8.00. The minimum absolute atomic E-state index is 0.284. The number of thiazole rings is 1. The number of methoxy groups -OCH3 is 1. The van der Waals surface area contributed by atoms with Gasteiger partial charge < -0.3 is 4.74 Å². The fraction of sp³-hybridized carbons (Fsp3) is 0.0870. The summed E-state index contributed by atoms with van der Waals surface area (Å²) in [6.45, 7) is 0. The summed E-state index contributed by atoms with van der Waals surface area (Å²) in [7, 11) is 1.65. The topological polar surface area (TPSA) is 59.5 Å². The molecular weight excluding hydrogens is 416 g/mol. The van der Waals surface area contributed by atoms with Crippen LogP contribution in [0.2, 0.25) is 0 Å². The maximum Gasteiger partial charge on any atom is 0.266 e. The molecular formula is C23H16N2O3S2. The number of benzene rings is 3. The Morgan fingerprint density at radius 1 is 0.967 bits per heavy atom. The van der Waals surface area contributed by atoms with Gasteiger partial charge in [0.05, 0.1) is 34.1 Å². The summed E-state index contributed by atoms with van der Waals surface area (Å²) in [5.74, 6) is 1.07. The van der Waals surface area contributed by atoms with Gasteiger partial charge >= 0.3 is 0 Å². The Morgan fingerprint density at radius 2 is 1.67 bits per heavy atom. The second kappa shape index (κ2) is 7.59. The quantitative estimate of drug-likeness (QED) is 0.312. The molecule has 0 radical (unpaired) electrons. The molecule has 1 aromatic heterocycles. The summed E-state index contributed by atoms with van der Waals surface area (Å²) in [5.41, 5.74) is 3.51. The Balaban J connectivity index is 1.38. The summed E-state index contributed by atoms with van der Waals surface area (Å²) in [6.07, 6.45) is 0. The third kappa shape index (κ3) is 3.26. The number of aromatic nitrogens is 1. The fourth-order valence-electron chi connectivity index (χ4n) is 3.38. The highest BCUT2D eigenvalue weighted by Gasteiger charge is 2.36. The second-order valence-corrected chi connectivity index (χ2v) is 9.01. The van der Waals surface area contributed by atoms with Crippen molar-refractivity contribution < 1.29 is 14.3 Å². The second-order valence-electron chi connectivity index (χ2n) is 6.76. The molecule has 4 aromatic rings. The number of carbonyl (C=O) groups excluding carboxylic acids is 2. The Labute approximate surface area is 181 Å². The van der Waals surface area contributed by atoms with Crippen molar-refractivity contribution in [2.75, 3.05) is 12.0 Å². The molecule has 30 heavy (non-hydrogen) atoms. The van der Waals surface area contributed by atoms with E-state index in [2.05, 4.69) is 4.98 Å². The van der Waals surface area contributed by atoms with Gasteiger partial charge in [-0.05, 0) is 48.0 Å². The van der Waals surface area contributed by atoms with Gasteiger partial charge in [-0.1, -0.05) is 36.0 Å². The van der Waals surface area contributed by atoms with Gasteiger partial charge in [0.25, 0.3) is 11.8 Å². The molecule has 0 N–H and O–H groups in total. The molecule has 148 valence electrons. The number of anilines is 1. The number of imide groups is 1. The van der Waals surface area contributed by atoms with Gasteiger partial charge in [0.15, 0.2) is 4.34 Å². The minimum atomic E-state index is -0.284. The van der Waals surface area contributed by atoms with Crippen molar-refractivity contribution in [3.63, 3.8) is 0 Å². The number of thioether (sulfide) groups is 1. The largest absolute Gasteiger partial charge is 0.497 e. The van der Waals surface area contributed by atoms with Gasteiger partial charge in [-0.3, -0.25) is 9.59 Å². The summed E-state index contributed by atoms with van der Waals surface area (Å²) in [5, 5.41) is 0. The molecule has 0 unspecified atom stereocenters. The first kappa shape index (κ1) is 18.8. The van der Waals surface area contributed by atoms with Crippen LogP contribution in [0.5, 0.6) is 5.75 Å². The van der Waals surface area contributed by atoms with Gasteiger partial charge in [0, 0.05) is 5.75 Å². The van der Waals surface area contributed by atoms with Gasteiger partial charge in [-0.15, -0.1) is 11.3 Å². The van der Waals surface area contributed by atoms with E-state index in [1.807, 2.05) is 36.4 Å². The molecule has 2 heterocycles. The number of rotatable bonds is 5. The monoisotopic (exact) mass is 432 g/mol. The lowest BCUT2D eigenvalue weighted by Gasteiger charge is -2.13. The van der Waals surface area contributed by atoms with E-state index in [9.17, 15) is 9.59 Å². The van der Waals surface area contributed by atoms with E-state index >= 15 is 0 Å². The molecule has 5 rings (SSSR count). The molecule has 1 aliphatic rings. The predicted molar refractivity (Wildman–Crippen MR) is 120 cm³/mol. The van der Waals surface area contributed by atoms with E-state index in [1.54, 1.807) is 60.5 Å². The Kier molecular flexibility index (Phi) is 4.77. The fourth-order valence-corrected chi connectivity index (χ4v) is 5.44. The Morgan fingerprint density at radius 3 is 2.33 bits per heavy atom. The van der Waals surface area contributed by atoms with E-state index < -0.39 is 0 Å². The lowest BCUT2D eigenvalue weighted by atomic mass is 10.1. The van der Waals surface area contributed by atoms with Crippen LogP contribution in [0, 0.1) is 0 Å². The number of nitrogens with zero attached hydrogens (tertiary/aromatic N) is 2. The van der Waals surface area contributed by atoms with E-state index in [4.69, 9.17) is 4.74 Å². The normalized spacial score (nSPS) is 13.2. The molecule has 0 saturated heterocycles. The van der Waals surface area contributed by atoms with Crippen molar-refractivity contribution in [2.24, 2.45) is 0 Å². The first-order chi connectivity index (χ1) is 14.6. The maximum atomic E-state index is 12.7. The number of carbonyl (C=O) groups is 2. The van der Waals surface area contributed by atoms with Crippen molar-refractivity contribution in [1.82, 2.24) is 4.98 Å². The van der Waals surface area contributed by atoms with Crippen molar-refractivity contribution in [3.05, 3.63) is 83.4 Å². The zero-order valence-corrected chi connectivity index (χ0v) is 17.6. The van der Waals surface area contributed by atoms with Crippen LogP contribution in [0.4, 0.5) is 5.69 Å². The number of ether oxygens (including phenoxy) is 1. The van der Waals surface area contributed by atoms with Crippen molar-refractivity contribution in [2.45, 2.75) is 10.1 Å².